The van der Waals surface area contributed by atoms with Crippen molar-refractivity contribution in [2.24, 2.45) is 0 Å². The van der Waals surface area contributed by atoms with E-state index in [1.807, 2.05) is 30.3 Å². The highest BCUT2D eigenvalue weighted by Gasteiger charge is 2.48. The van der Waals surface area contributed by atoms with Crippen LogP contribution in [0.5, 0.6) is 0 Å². The molecule has 26 heavy (non-hydrogen) atoms. The van der Waals surface area contributed by atoms with Crippen molar-refractivity contribution in [2.75, 3.05) is 0 Å². The van der Waals surface area contributed by atoms with Crippen molar-refractivity contribution < 1.29 is 25.2 Å². The first-order valence-electron chi connectivity index (χ1n) is 7.40. The van der Waals surface area contributed by atoms with Crippen LogP contribution in [-0.4, -0.2) is 18.8 Å². The summed E-state index contributed by atoms with van der Waals surface area (Å²) >= 11 is 0. The third kappa shape index (κ3) is 3.98. The van der Waals surface area contributed by atoms with Gasteiger partial charge in [-0.3, -0.25) is 0 Å². The average molecular weight is 398 g/mol. The van der Waals surface area contributed by atoms with Gasteiger partial charge in [0.1, 0.15) is 0 Å². The minimum atomic E-state index is -5.71. The Kier molecular flexibility index (Phi) is 5.17. The molecule has 0 aromatic heterocycles. The van der Waals surface area contributed by atoms with Gasteiger partial charge in [0.05, 0.1) is 0 Å². The largest absolute Gasteiger partial charge is 0.524 e. The van der Waals surface area contributed by atoms with Crippen LogP contribution in [0.1, 0.15) is 11.1 Å². The van der Waals surface area contributed by atoms with Crippen molar-refractivity contribution in [2.45, 2.75) is 5.51 Å². The highest BCUT2D eigenvalue weighted by atomic mass is 32.3. The molecule has 0 fully saturated rings. The number of benzene rings is 2. The fourth-order valence-corrected chi connectivity index (χ4v) is 4.85. The quantitative estimate of drug-likeness (QED) is 0.545. The van der Waals surface area contributed by atoms with Crippen molar-refractivity contribution in [3.05, 3.63) is 89.4 Å². The van der Waals surface area contributed by atoms with Crippen LogP contribution in [0.2, 0.25) is 0 Å². The van der Waals surface area contributed by atoms with Crippen LogP contribution in [0.25, 0.3) is 5.57 Å². The van der Waals surface area contributed by atoms with Crippen LogP contribution in [0.4, 0.5) is 13.2 Å². The van der Waals surface area contributed by atoms with Gasteiger partial charge in [-0.2, -0.15) is 25.2 Å². The normalized spacial score (nSPS) is 17.9. The van der Waals surface area contributed by atoms with Gasteiger partial charge < -0.3 is 0 Å². The lowest BCUT2D eigenvalue weighted by molar-refractivity contribution is -0.0494. The van der Waals surface area contributed by atoms with E-state index >= 15 is 0 Å². The molecule has 0 N–H and O–H groups in total. The van der Waals surface area contributed by atoms with Gasteiger partial charge in [0.15, 0.2) is 0 Å². The summed E-state index contributed by atoms with van der Waals surface area (Å²) in [5, 5.41) is 1.34. The van der Waals surface area contributed by atoms with Gasteiger partial charge in [0.2, 0.25) is 0 Å². The van der Waals surface area contributed by atoms with Gasteiger partial charge in [0, 0.05) is 4.86 Å². The third-order valence-electron chi connectivity index (χ3n) is 3.49. The fourth-order valence-electron chi connectivity index (χ4n) is 2.26. The zero-order valence-corrected chi connectivity index (χ0v) is 14.8. The zero-order chi connectivity index (χ0) is 18.8. The minimum Gasteiger partial charge on any atom is -0.194 e. The van der Waals surface area contributed by atoms with Crippen molar-refractivity contribution in [1.29, 1.82) is 0 Å². The molecule has 0 spiro atoms. The molecule has 1 aliphatic rings. The van der Waals surface area contributed by atoms with E-state index in [0.717, 1.165) is 11.1 Å². The van der Waals surface area contributed by atoms with E-state index in [4.69, 9.17) is 0 Å². The van der Waals surface area contributed by atoms with Gasteiger partial charge in [-0.15, -0.1) is 0 Å². The molecule has 1 aliphatic heterocycles. The number of rotatable bonds is 4. The summed E-state index contributed by atoms with van der Waals surface area (Å²) < 4.78 is 65.5. The van der Waals surface area contributed by atoms with Gasteiger partial charge in [-0.25, -0.2) is 0 Å². The second-order valence-corrected chi connectivity index (χ2v) is 8.49. The van der Waals surface area contributed by atoms with Gasteiger partial charge >= 0.3 is 15.6 Å². The average Bonchev–Trinajstić information content (AvgIpc) is 2.62. The molecule has 0 radical (unpaired) electrons. The molecule has 3 nitrogen and oxygen atoms in total. The van der Waals surface area contributed by atoms with Crippen LogP contribution in [0, 0.1) is 0 Å². The maximum atomic E-state index is 12.7. The highest BCUT2D eigenvalue weighted by Crippen LogP contribution is 2.37. The lowest BCUT2D eigenvalue weighted by Gasteiger charge is -2.17. The van der Waals surface area contributed by atoms with Gasteiger partial charge in [0.25, 0.3) is 0 Å². The highest BCUT2D eigenvalue weighted by molar-refractivity contribution is 8.19. The molecule has 0 aliphatic carbocycles. The van der Waals surface area contributed by atoms with E-state index < -0.39 is 26.4 Å². The molecule has 2 aromatic rings. The van der Waals surface area contributed by atoms with Crippen LogP contribution < -0.4 is 0 Å². The smallest absolute Gasteiger partial charge is 0.194 e. The summed E-state index contributed by atoms with van der Waals surface area (Å²) in [5.41, 5.74) is -3.27. The van der Waals surface area contributed by atoms with E-state index in [1.165, 1.54) is 5.41 Å². The summed E-state index contributed by atoms with van der Waals surface area (Å²) in [6.07, 6.45) is 3.22. The first-order chi connectivity index (χ1) is 12.3. The van der Waals surface area contributed by atoms with Crippen LogP contribution in [0.3, 0.4) is 0 Å². The number of alkyl halides is 3. The molecule has 0 saturated carbocycles. The van der Waals surface area contributed by atoms with Crippen molar-refractivity contribution in [3.63, 3.8) is 0 Å². The zero-order valence-electron chi connectivity index (χ0n) is 13.2. The Morgan fingerprint density at radius 1 is 0.846 bits per heavy atom. The van der Waals surface area contributed by atoms with E-state index in [0.29, 0.717) is 10.4 Å². The Morgan fingerprint density at radius 3 is 1.92 bits per heavy atom. The Balaban J connectivity index is 2.11. The second kappa shape index (κ2) is 7.22. The lowest BCUT2D eigenvalue weighted by atomic mass is 10.0. The number of allylic oxidation sites excluding steroid dienone is 3. The standard InChI is InChI=1S/C18H13F3O3S2/c19-18(20,21)26(22,23)24-25-12-11-16(14-7-3-1-4-8-14)13-17(25)15-9-5-2-6-10-15/h1-13H. The predicted octanol–water partition coefficient (Wildman–Crippen LogP) is 4.87. The summed E-state index contributed by atoms with van der Waals surface area (Å²) in [7, 11) is -7.40. The summed E-state index contributed by atoms with van der Waals surface area (Å²) in [6, 6.07) is 17.8. The second-order valence-electron chi connectivity index (χ2n) is 5.26. The predicted molar refractivity (Wildman–Crippen MR) is 97.8 cm³/mol. The third-order valence-corrected chi connectivity index (χ3v) is 6.53. The molecule has 1 heterocycles. The maximum Gasteiger partial charge on any atom is 0.524 e. The van der Waals surface area contributed by atoms with Crippen molar-refractivity contribution in [1.82, 2.24) is 0 Å². The minimum absolute atomic E-state index is 0.361. The van der Waals surface area contributed by atoms with E-state index in [9.17, 15) is 21.6 Å². The van der Waals surface area contributed by atoms with E-state index in [2.05, 4.69) is 3.63 Å². The molecule has 2 aromatic carbocycles. The van der Waals surface area contributed by atoms with E-state index in [1.54, 1.807) is 42.5 Å². The number of hydrogen-bond acceptors (Lipinski definition) is 3. The first-order valence-corrected chi connectivity index (χ1v) is 10.0. The van der Waals surface area contributed by atoms with Crippen LogP contribution >= 0.6 is 10.8 Å². The Hall–Kier alpha value is -2.16. The van der Waals surface area contributed by atoms with Crippen LogP contribution in [0.15, 0.2) is 78.2 Å². The van der Waals surface area contributed by atoms with Gasteiger partial charge in [-0.1, -0.05) is 60.7 Å². The molecule has 1 unspecified atom stereocenters. The number of halogens is 3. The van der Waals surface area contributed by atoms with Crippen LogP contribution in [-0.2, 0) is 13.7 Å². The Bertz CT molecular complexity index is 991. The first kappa shape index (κ1) is 18.6. The maximum absolute atomic E-state index is 12.7. The summed E-state index contributed by atoms with van der Waals surface area (Å²) in [5.74, 6) is 0. The molecular formula is C18H13F3O3S2. The lowest BCUT2D eigenvalue weighted by Crippen LogP contribution is -2.24. The Morgan fingerprint density at radius 2 is 1.38 bits per heavy atom. The van der Waals surface area contributed by atoms with E-state index in [-0.39, 0.29) is 0 Å². The molecule has 3 rings (SSSR count). The molecular weight excluding hydrogens is 385 g/mol. The molecule has 136 valence electrons. The number of hydrogen-bond donors (Lipinski definition) is 0. The topological polar surface area (TPSA) is 43.4 Å². The molecule has 8 heteroatoms. The summed E-state index contributed by atoms with van der Waals surface area (Å²) in [4.78, 5) is 0.361. The van der Waals surface area contributed by atoms with Crippen molar-refractivity contribution in [3.8, 4) is 0 Å². The fraction of sp³-hybridized carbons (Fsp3) is 0.0556. The SMILES string of the molecule is O=S(=O)(OS1=C(c2ccccc2)C=C(c2ccccc2)C=C1)C(F)(F)F. The van der Waals surface area contributed by atoms with Gasteiger partial charge in [-0.05, 0) is 45.0 Å². The van der Waals surface area contributed by atoms with Crippen molar-refractivity contribution >= 4 is 31.3 Å². The molecule has 0 amide bonds. The Labute approximate surface area is 151 Å². The molecule has 0 saturated heterocycles. The summed E-state index contributed by atoms with van der Waals surface area (Å²) in [6.45, 7) is 0. The monoisotopic (exact) mass is 398 g/mol. The molecule has 1 atom stereocenters. The molecule has 0 bridgehead atoms.